The Morgan fingerprint density at radius 2 is 2.24 bits per heavy atom. The van der Waals surface area contributed by atoms with Gasteiger partial charge < -0.3 is 0 Å². The first-order chi connectivity index (χ1) is 8.20. The largest absolute Gasteiger partial charge is 0.271 e. The summed E-state index contributed by atoms with van der Waals surface area (Å²) in [4.78, 5) is 2.73. The lowest BCUT2D eigenvalue weighted by atomic mass is 10.1. The van der Waals surface area contributed by atoms with Crippen molar-refractivity contribution in [3.05, 3.63) is 43.8 Å². The third-order valence-electron chi connectivity index (χ3n) is 3.03. The van der Waals surface area contributed by atoms with E-state index in [1.165, 1.54) is 20.9 Å². The van der Waals surface area contributed by atoms with Crippen LogP contribution in [0.5, 0.6) is 0 Å². The maximum atomic E-state index is 5.66. The van der Waals surface area contributed by atoms with Gasteiger partial charge in [0.1, 0.15) is 0 Å². The number of nitrogens with one attached hydrogen (secondary N) is 1. The van der Waals surface area contributed by atoms with E-state index in [2.05, 4.69) is 42.2 Å². The van der Waals surface area contributed by atoms with E-state index in [-0.39, 0.29) is 6.04 Å². The fourth-order valence-electron chi connectivity index (χ4n) is 1.83. The van der Waals surface area contributed by atoms with Gasteiger partial charge in [-0.05, 0) is 60.7 Å². The van der Waals surface area contributed by atoms with Crippen molar-refractivity contribution >= 4 is 22.7 Å². The fourth-order valence-corrected chi connectivity index (χ4v) is 3.67. The molecule has 0 saturated heterocycles. The molecule has 2 nitrogen and oxygen atoms in total. The van der Waals surface area contributed by atoms with Gasteiger partial charge in [-0.1, -0.05) is 0 Å². The molecule has 0 aromatic carbocycles. The molecule has 1 atom stereocenters. The van der Waals surface area contributed by atoms with Crippen LogP contribution in [0.2, 0.25) is 0 Å². The van der Waals surface area contributed by atoms with Crippen molar-refractivity contribution < 1.29 is 0 Å². The Kier molecular flexibility index (Phi) is 4.34. The quantitative estimate of drug-likeness (QED) is 0.641. The molecule has 0 radical (unpaired) electrons. The van der Waals surface area contributed by atoms with Gasteiger partial charge >= 0.3 is 0 Å². The predicted molar refractivity (Wildman–Crippen MR) is 76.5 cm³/mol. The lowest BCUT2D eigenvalue weighted by molar-refractivity contribution is 0.524. The van der Waals surface area contributed by atoms with Crippen LogP contribution in [0.15, 0.2) is 22.9 Å². The van der Waals surface area contributed by atoms with Gasteiger partial charge in [-0.2, -0.15) is 11.3 Å². The summed E-state index contributed by atoms with van der Waals surface area (Å²) in [5, 5.41) is 4.33. The van der Waals surface area contributed by atoms with E-state index in [1.807, 2.05) is 11.3 Å². The van der Waals surface area contributed by atoms with Crippen LogP contribution in [0.3, 0.4) is 0 Å². The summed E-state index contributed by atoms with van der Waals surface area (Å²) >= 11 is 3.60. The second kappa shape index (κ2) is 5.78. The predicted octanol–water partition coefficient (Wildman–Crippen LogP) is 3.56. The van der Waals surface area contributed by atoms with Crippen molar-refractivity contribution in [3.63, 3.8) is 0 Å². The van der Waals surface area contributed by atoms with E-state index < -0.39 is 0 Å². The van der Waals surface area contributed by atoms with Crippen LogP contribution >= 0.6 is 22.7 Å². The molecule has 2 aromatic heterocycles. The number of thiophene rings is 2. The highest BCUT2D eigenvalue weighted by molar-refractivity contribution is 7.12. The van der Waals surface area contributed by atoms with Crippen molar-refractivity contribution in [2.75, 3.05) is 0 Å². The molecule has 0 amide bonds. The fraction of sp³-hybridized carbons (Fsp3) is 0.385. The van der Waals surface area contributed by atoms with E-state index in [9.17, 15) is 0 Å². The van der Waals surface area contributed by atoms with Crippen LogP contribution in [0.4, 0.5) is 0 Å². The van der Waals surface area contributed by atoms with Crippen molar-refractivity contribution in [2.24, 2.45) is 5.84 Å². The summed E-state index contributed by atoms with van der Waals surface area (Å²) in [6.07, 6.45) is 2.13. The molecule has 2 heterocycles. The van der Waals surface area contributed by atoms with Crippen molar-refractivity contribution in [1.82, 2.24) is 5.43 Å². The van der Waals surface area contributed by atoms with E-state index in [0.29, 0.717) is 0 Å². The standard InChI is InChI=1S/C13H18N2S2/c1-9-7-13(17-10(9)2)12(15-14)4-3-11-5-6-16-8-11/h5-8,12,15H,3-4,14H2,1-2H3. The molecule has 3 N–H and O–H groups in total. The number of nitrogens with two attached hydrogens (primary N) is 1. The van der Waals surface area contributed by atoms with Gasteiger partial charge in [0.25, 0.3) is 0 Å². The van der Waals surface area contributed by atoms with Crippen LogP contribution < -0.4 is 11.3 Å². The van der Waals surface area contributed by atoms with Gasteiger partial charge in [0.05, 0.1) is 6.04 Å². The second-order valence-corrected chi connectivity index (χ2v) is 6.35. The molecule has 0 bridgehead atoms. The molecule has 17 heavy (non-hydrogen) atoms. The molecule has 1 unspecified atom stereocenters. The van der Waals surface area contributed by atoms with Gasteiger partial charge in [0.15, 0.2) is 0 Å². The third kappa shape index (κ3) is 3.16. The van der Waals surface area contributed by atoms with E-state index >= 15 is 0 Å². The van der Waals surface area contributed by atoms with E-state index in [0.717, 1.165) is 12.8 Å². The molecule has 0 fully saturated rings. The highest BCUT2D eigenvalue weighted by atomic mass is 32.1. The molecular weight excluding hydrogens is 248 g/mol. The zero-order valence-electron chi connectivity index (χ0n) is 10.2. The Labute approximate surface area is 110 Å². The molecule has 0 aliphatic heterocycles. The van der Waals surface area contributed by atoms with Gasteiger partial charge in [-0.3, -0.25) is 11.3 Å². The minimum Gasteiger partial charge on any atom is -0.271 e. The number of hydrogen-bond acceptors (Lipinski definition) is 4. The molecule has 0 aliphatic rings. The van der Waals surface area contributed by atoms with Crippen LogP contribution in [0.25, 0.3) is 0 Å². The second-order valence-electron chi connectivity index (χ2n) is 4.28. The van der Waals surface area contributed by atoms with Crippen molar-refractivity contribution in [3.8, 4) is 0 Å². The van der Waals surface area contributed by atoms with Crippen LogP contribution in [-0.2, 0) is 6.42 Å². The molecule has 0 aliphatic carbocycles. The normalized spacial score (nSPS) is 12.9. The van der Waals surface area contributed by atoms with Crippen LogP contribution in [-0.4, -0.2) is 0 Å². The lowest BCUT2D eigenvalue weighted by Crippen LogP contribution is -2.27. The van der Waals surface area contributed by atoms with Crippen LogP contribution in [0, 0.1) is 13.8 Å². The van der Waals surface area contributed by atoms with Gasteiger partial charge in [0.2, 0.25) is 0 Å². The Morgan fingerprint density at radius 1 is 1.41 bits per heavy atom. The smallest absolute Gasteiger partial charge is 0.0556 e. The molecule has 0 spiro atoms. The lowest BCUT2D eigenvalue weighted by Gasteiger charge is -2.13. The number of aryl methyl sites for hydroxylation is 3. The molecular formula is C13H18N2S2. The topological polar surface area (TPSA) is 38.0 Å². The summed E-state index contributed by atoms with van der Waals surface area (Å²) in [6.45, 7) is 4.32. The minimum atomic E-state index is 0.271. The number of hydrazine groups is 1. The molecule has 92 valence electrons. The van der Waals surface area contributed by atoms with Gasteiger partial charge in [-0.15, -0.1) is 11.3 Å². The Balaban J connectivity index is 2.01. The summed E-state index contributed by atoms with van der Waals surface area (Å²) in [5.41, 5.74) is 5.70. The monoisotopic (exact) mass is 266 g/mol. The molecule has 2 aromatic rings. The first-order valence-corrected chi connectivity index (χ1v) is 7.50. The number of rotatable bonds is 5. The van der Waals surface area contributed by atoms with Crippen LogP contribution in [0.1, 0.15) is 33.3 Å². The summed E-state index contributed by atoms with van der Waals surface area (Å²) in [7, 11) is 0. The Bertz CT molecular complexity index is 440. The molecule has 0 saturated carbocycles. The summed E-state index contributed by atoms with van der Waals surface area (Å²) < 4.78 is 0. The SMILES string of the molecule is Cc1cc(C(CCc2ccsc2)NN)sc1C. The van der Waals surface area contributed by atoms with Crippen molar-refractivity contribution in [1.29, 1.82) is 0 Å². The Morgan fingerprint density at radius 3 is 2.76 bits per heavy atom. The summed E-state index contributed by atoms with van der Waals surface area (Å²) in [6, 6.07) is 4.70. The zero-order valence-corrected chi connectivity index (χ0v) is 11.8. The first-order valence-electron chi connectivity index (χ1n) is 5.75. The summed E-state index contributed by atoms with van der Waals surface area (Å²) in [5.74, 6) is 5.66. The van der Waals surface area contributed by atoms with Gasteiger partial charge in [-0.25, -0.2) is 0 Å². The Hall–Kier alpha value is -0.680. The molecule has 4 heteroatoms. The highest BCUT2D eigenvalue weighted by Crippen LogP contribution is 2.28. The van der Waals surface area contributed by atoms with E-state index in [1.54, 1.807) is 11.3 Å². The minimum absolute atomic E-state index is 0.271. The average molecular weight is 266 g/mol. The third-order valence-corrected chi connectivity index (χ3v) is 5.03. The van der Waals surface area contributed by atoms with Crippen molar-refractivity contribution in [2.45, 2.75) is 32.7 Å². The number of hydrogen-bond donors (Lipinski definition) is 2. The average Bonchev–Trinajstić information content (AvgIpc) is 2.91. The highest BCUT2D eigenvalue weighted by Gasteiger charge is 2.13. The maximum Gasteiger partial charge on any atom is 0.0556 e. The zero-order chi connectivity index (χ0) is 12.3. The first kappa shape index (κ1) is 12.8. The maximum absolute atomic E-state index is 5.66. The molecule has 2 rings (SSSR count). The van der Waals surface area contributed by atoms with Gasteiger partial charge in [0, 0.05) is 9.75 Å². The van der Waals surface area contributed by atoms with E-state index in [4.69, 9.17) is 5.84 Å².